The lowest BCUT2D eigenvalue weighted by molar-refractivity contribution is -0.212. The van der Waals surface area contributed by atoms with Gasteiger partial charge in [0.2, 0.25) is 0 Å². The first-order valence-electron chi connectivity index (χ1n) is 6.20. The monoisotopic (exact) mass is 339 g/mol. The molecule has 0 unspecified atom stereocenters. The Morgan fingerprint density at radius 3 is 2.77 bits per heavy atom. The second-order valence-corrected chi connectivity index (χ2v) is 6.29. The van der Waals surface area contributed by atoms with Crippen molar-refractivity contribution in [3.63, 3.8) is 0 Å². The molecule has 0 radical (unpaired) electrons. The standard InChI is InChI=1S/C10H15FN3O7P/c1-4-3-14(10(17)13-8(4)16)9-6(11)7(15)5(21-9)2-12-22(18,19)20/h3,5-7,9,15H,2H2,1H3,(H,13,16,17)(H3,12,18,19,20)/t5-,6-,7-,9-/m1/s1. The van der Waals surface area contributed by atoms with E-state index in [0.717, 1.165) is 10.8 Å². The van der Waals surface area contributed by atoms with Crippen LogP contribution < -0.4 is 21.2 Å². The van der Waals surface area contributed by atoms with Crippen LogP contribution in [0.4, 0.5) is 4.39 Å². The topological polar surface area (TPSA) is 160 Å². The fourth-order valence-corrected chi connectivity index (χ4v) is 2.50. The third-order valence-corrected chi connectivity index (χ3v) is 3.81. The summed E-state index contributed by atoms with van der Waals surface area (Å²) in [4.78, 5) is 53.1. The maximum absolute atomic E-state index is 14.1. The number of halogens is 1. The van der Waals surface area contributed by atoms with E-state index in [4.69, 9.17) is 14.5 Å². The average Bonchev–Trinajstić information content (AvgIpc) is 2.68. The Labute approximate surface area is 123 Å². The number of aliphatic hydroxyl groups excluding tert-OH is 1. The van der Waals surface area contributed by atoms with Gasteiger partial charge in [-0.1, -0.05) is 0 Å². The fraction of sp³-hybridized carbons (Fsp3) is 0.600. The van der Waals surface area contributed by atoms with E-state index < -0.39 is 50.5 Å². The first-order chi connectivity index (χ1) is 10.1. The van der Waals surface area contributed by atoms with Gasteiger partial charge in [-0.05, 0) is 6.92 Å². The molecule has 1 aromatic heterocycles. The van der Waals surface area contributed by atoms with Gasteiger partial charge in [-0.15, -0.1) is 5.09 Å². The molecular formula is C10H15FN3O7P. The number of aliphatic hydroxyl groups is 1. The maximum atomic E-state index is 14.1. The summed E-state index contributed by atoms with van der Waals surface area (Å²) < 4.78 is 20.0. The van der Waals surface area contributed by atoms with Gasteiger partial charge in [0, 0.05) is 11.8 Å². The lowest BCUT2D eigenvalue weighted by Gasteiger charge is -2.19. The van der Waals surface area contributed by atoms with Crippen LogP contribution in [0.25, 0.3) is 0 Å². The summed E-state index contributed by atoms with van der Waals surface area (Å²) in [5.41, 5.74) is -1.41. The van der Waals surface area contributed by atoms with Crippen molar-refractivity contribution in [2.24, 2.45) is 0 Å². The van der Waals surface area contributed by atoms with Crippen molar-refractivity contribution in [2.75, 3.05) is 6.54 Å². The molecule has 1 aliphatic heterocycles. The van der Waals surface area contributed by atoms with E-state index in [0.29, 0.717) is 0 Å². The first kappa shape index (κ1) is 17.2. The number of hydrogen-bond donors (Lipinski definition) is 5. The minimum absolute atomic E-state index is 0.140. The molecule has 22 heavy (non-hydrogen) atoms. The molecule has 0 bridgehead atoms. The lowest BCUT2D eigenvalue weighted by Crippen LogP contribution is -2.38. The molecule has 2 heterocycles. The van der Waals surface area contributed by atoms with Crippen molar-refractivity contribution in [1.82, 2.24) is 14.6 Å². The molecule has 1 aliphatic rings. The van der Waals surface area contributed by atoms with Gasteiger partial charge in [-0.25, -0.2) is 19.0 Å². The molecule has 5 N–H and O–H groups in total. The average molecular weight is 339 g/mol. The molecule has 124 valence electrons. The quantitative estimate of drug-likeness (QED) is 0.364. The van der Waals surface area contributed by atoms with Crippen LogP contribution in [0.5, 0.6) is 0 Å². The molecule has 0 aliphatic carbocycles. The van der Waals surface area contributed by atoms with E-state index in [2.05, 4.69) is 0 Å². The van der Waals surface area contributed by atoms with E-state index in [1.807, 2.05) is 4.98 Å². The number of nitrogens with one attached hydrogen (secondary N) is 2. The zero-order valence-corrected chi connectivity index (χ0v) is 12.2. The van der Waals surface area contributed by atoms with Crippen LogP contribution in [0.15, 0.2) is 15.8 Å². The summed E-state index contributed by atoms with van der Waals surface area (Å²) in [6.07, 6.45) is -5.40. The molecule has 4 atom stereocenters. The molecule has 12 heteroatoms. The smallest absolute Gasteiger partial charge is 0.330 e. The second kappa shape index (κ2) is 6.13. The molecule has 0 saturated carbocycles. The van der Waals surface area contributed by atoms with Crippen LogP contribution in [0.2, 0.25) is 0 Å². The fourth-order valence-electron chi connectivity index (χ4n) is 2.08. The van der Waals surface area contributed by atoms with Crippen molar-refractivity contribution in [1.29, 1.82) is 0 Å². The molecule has 10 nitrogen and oxygen atoms in total. The third kappa shape index (κ3) is 3.58. The van der Waals surface area contributed by atoms with Crippen LogP contribution in [-0.2, 0) is 4.74 Å². The summed E-state index contributed by atoms with van der Waals surface area (Å²) in [6, 6.07) is 0. The van der Waals surface area contributed by atoms with Crippen molar-refractivity contribution < 1.29 is 28.9 Å². The Morgan fingerprint density at radius 2 is 2.18 bits per heavy atom. The summed E-state index contributed by atoms with van der Waals surface area (Å²) in [5, 5.41) is 11.5. The van der Waals surface area contributed by atoms with Crippen molar-refractivity contribution in [3.8, 4) is 0 Å². The highest BCUT2D eigenvalue weighted by Crippen LogP contribution is 2.35. The normalized spacial score (nSPS) is 29.0. The predicted octanol–water partition coefficient (Wildman–Crippen LogP) is -2.95. The number of rotatable bonds is 4. The number of aromatic nitrogens is 2. The summed E-state index contributed by atoms with van der Waals surface area (Å²) >= 11 is 0. The van der Waals surface area contributed by atoms with Crippen molar-refractivity contribution in [2.45, 2.75) is 31.5 Å². The van der Waals surface area contributed by atoms with E-state index in [9.17, 15) is 24.0 Å². The van der Waals surface area contributed by atoms with Crippen molar-refractivity contribution in [3.05, 3.63) is 32.6 Å². The van der Waals surface area contributed by atoms with Crippen LogP contribution >= 0.6 is 8.09 Å². The minimum atomic E-state index is -4.56. The number of ether oxygens (including phenoxy) is 1. The van der Waals surface area contributed by atoms with Crippen LogP contribution in [0.3, 0.4) is 0 Å². The van der Waals surface area contributed by atoms with Gasteiger partial charge in [0.05, 0.1) is 6.54 Å². The van der Waals surface area contributed by atoms with E-state index in [-0.39, 0.29) is 5.56 Å². The predicted molar refractivity (Wildman–Crippen MR) is 70.2 cm³/mol. The Bertz CT molecular complexity index is 657. The largest absolute Gasteiger partial charge is 0.617 e. The van der Waals surface area contributed by atoms with Gasteiger partial charge in [-0.3, -0.25) is 14.3 Å². The molecule has 0 aromatic carbocycles. The summed E-state index contributed by atoms with van der Waals surface area (Å²) in [7, 11) is -4.56. The number of alkyl halides is 1. The highest BCUT2D eigenvalue weighted by atomic mass is 31.2. The molecule has 1 fully saturated rings. The zero-order chi connectivity index (χ0) is 16.7. The van der Waals surface area contributed by atoms with Crippen LogP contribution in [0.1, 0.15) is 11.8 Å². The SMILES string of the molecule is Cc1cn([C@@H]2O[C@H](CN[P+]([O-])(O)O)[C@@H](O)[C@H]2F)c(=O)[nH]c1=O. The Morgan fingerprint density at radius 1 is 1.55 bits per heavy atom. The molecular weight excluding hydrogens is 324 g/mol. The van der Waals surface area contributed by atoms with Gasteiger partial charge in [0.25, 0.3) is 5.56 Å². The van der Waals surface area contributed by atoms with Gasteiger partial charge in [0.15, 0.2) is 12.4 Å². The van der Waals surface area contributed by atoms with Crippen LogP contribution in [-0.4, -0.2) is 49.4 Å². The lowest BCUT2D eigenvalue weighted by atomic mass is 10.1. The summed E-state index contributed by atoms with van der Waals surface area (Å²) in [6.45, 7) is 0.889. The van der Waals surface area contributed by atoms with Crippen molar-refractivity contribution >= 4 is 8.09 Å². The Hall–Kier alpha value is -1.20. The van der Waals surface area contributed by atoms with Gasteiger partial charge >= 0.3 is 13.8 Å². The molecule has 1 aromatic rings. The highest BCUT2D eigenvalue weighted by Gasteiger charge is 2.46. The Balaban J connectivity index is 2.22. The minimum Gasteiger partial charge on any atom is -0.617 e. The molecule has 1 saturated heterocycles. The number of nitrogens with zero attached hydrogens (tertiary/aromatic N) is 1. The summed E-state index contributed by atoms with van der Waals surface area (Å²) in [5.74, 6) is 0. The number of H-pyrrole nitrogens is 1. The second-order valence-electron chi connectivity index (χ2n) is 4.89. The Kier molecular flexibility index (Phi) is 4.78. The molecule has 2 rings (SSSR count). The number of aromatic amines is 1. The highest BCUT2D eigenvalue weighted by molar-refractivity contribution is 7.54. The number of hydrogen-bond acceptors (Lipinski definition) is 8. The van der Waals surface area contributed by atoms with Crippen LogP contribution in [0, 0.1) is 6.92 Å². The zero-order valence-electron chi connectivity index (χ0n) is 11.3. The van der Waals surface area contributed by atoms with E-state index in [1.165, 1.54) is 6.92 Å². The molecule has 0 amide bonds. The van der Waals surface area contributed by atoms with Gasteiger partial charge < -0.3 is 14.7 Å². The molecule has 0 spiro atoms. The van der Waals surface area contributed by atoms with E-state index in [1.54, 1.807) is 5.09 Å². The maximum Gasteiger partial charge on any atom is 0.330 e. The number of aryl methyl sites for hydroxylation is 1. The van der Waals surface area contributed by atoms with E-state index >= 15 is 0 Å². The van der Waals surface area contributed by atoms with Gasteiger partial charge in [0.1, 0.15) is 12.2 Å². The first-order valence-corrected chi connectivity index (χ1v) is 7.82. The third-order valence-electron chi connectivity index (χ3n) is 3.21. The van der Waals surface area contributed by atoms with Gasteiger partial charge in [-0.2, -0.15) is 0 Å².